The van der Waals surface area contributed by atoms with E-state index < -0.39 is 0 Å². The number of halogens is 1. The number of methoxy groups -OCH3 is 1. The number of ether oxygens (including phenoxy) is 1. The second-order valence-electron chi connectivity index (χ2n) is 6.06. The van der Waals surface area contributed by atoms with Crippen LogP contribution >= 0.6 is 11.6 Å². The van der Waals surface area contributed by atoms with Crippen molar-refractivity contribution < 1.29 is 9.53 Å². The lowest BCUT2D eigenvalue weighted by atomic mass is 10.2. The Morgan fingerprint density at radius 1 is 1.15 bits per heavy atom. The third-order valence-corrected chi connectivity index (χ3v) is 4.46. The van der Waals surface area contributed by atoms with Crippen LogP contribution in [0.3, 0.4) is 0 Å². The summed E-state index contributed by atoms with van der Waals surface area (Å²) >= 11 is 6.15. The van der Waals surface area contributed by atoms with Crippen LogP contribution in [-0.2, 0) is 6.54 Å². The zero-order chi connectivity index (χ0) is 19.2. The van der Waals surface area contributed by atoms with Crippen LogP contribution in [0.25, 0.3) is 0 Å². The Labute approximate surface area is 163 Å². The van der Waals surface area contributed by atoms with Crippen molar-refractivity contribution in [1.29, 1.82) is 0 Å². The number of carbonyl (C=O) groups is 1. The van der Waals surface area contributed by atoms with E-state index in [-0.39, 0.29) is 5.91 Å². The molecule has 0 bridgehead atoms. The van der Waals surface area contributed by atoms with Gasteiger partial charge in [-0.15, -0.1) is 0 Å². The summed E-state index contributed by atoms with van der Waals surface area (Å²) in [5, 5.41) is 6.76. The first-order valence-corrected chi connectivity index (χ1v) is 8.83. The Kier molecular flexibility index (Phi) is 5.94. The molecule has 2 N–H and O–H groups in total. The molecule has 0 unspecified atom stereocenters. The first kappa shape index (κ1) is 18.7. The van der Waals surface area contributed by atoms with Crippen molar-refractivity contribution in [2.45, 2.75) is 13.5 Å². The molecule has 5 nitrogen and oxygen atoms in total. The van der Waals surface area contributed by atoms with Gasteiger partial charge in [-0.3, -0.25) is 9.78 Å². The van der Waals surface area contributed by atoms with Crippen LogP contribution in [0.15, 0.2) is 60.9 Å². The summed E-state index contributed by atoms with van der Waals surface area (Å²) in [6.07, 6.45) is 3.19. The van der Waals surface area contributed by atoms with Gasteiger partial charge >= 0.3 is 0 Å². The van der Waals surface area contributed by atoms with E-state index in [4.69, 9.17) is 16.3 Å². The second kappa shape index (κ2) is 8.56. The molecule has 0 saturated carbocycles. The Morgan fingerprint density at radius 3 is 2.67 bits per heavy atom. The predicted octanol–water partition coefficient (Wildman–Crippen LogP) is 4.73. The van der Waals surface area contributed by atoms with Gasteiger partial charge in [-0.2, -0.15) is 0 Å². The maximum absolute atomic E-state index is 12.4. The van der Waals surface area contributed by atoms with E-state index in [1.807, 2.05) is 43.3 Å². The summed E-state index contributed by atoms with van der Waals surface area (Å²) in [5.74, 6) is 0.429. The largest absolute Gasteiger partial charge is 0.495 e. The van der Waals surface area contributed by atoms with Crippen molar-refractivity contribution in [3.05, 3.63) is 82.6 Å². The van der Waals surface area contributed by atoms with Crippen LogP contribution in [0, 0.1) is 6.92 Å². The highest BCUT2D eigenvalue weighted by Gasteiger charge is 2.10. The average Bonchev–Trinajstić information content (AvgIpc) is 2.69. The highest BCUT2D eigenvalue weighted by atomic mass is 35.5. The highest BCUT2D eigenvalue weighted by molar-refractivity contribution is 6.31. The number of hydrogen-bond donors (Lipinski definition) is 2. The summed E-state index contributed by atoms with van der Waals surface area (Å²) in [5.41, 5.74) is 3.87. The Balaban J connectivity index is 1.74. The van der Waals surface area contributed by atoms with Crippen molar-refractivity contribution in [3.63, 3.8) is 0 Å². The summed E-state index contributed by atoms with van der Waals surface area (Å²) < 4.78 is 5.37. The first-order chi connectivity index (χ1) is 13.1. The van der Waals surface area contributed by atoms with Gasteiger partial charge in [-0.05, 0) is 30.2 Å². The van der Waals surface area contributed by atoms with Gasteiger partial charge in [-0.25, -0.2) is 0 Å². The third-order valence-electron chi connectivity index (χ3n) is 4.06. The van der Waals surface area contributed by atoms with Crippen molar-refractivity contribution in [2.24, 2.45) is 0 Å². The van der Waals surface area contributed by atoms with Crippen LogP contribution in [0.1, 0.15) is 21.5 Å². The Hall–Kier alpha value is -3.05. The normalized spacial score (nSPS) is 10.3. The number of anilines is 2. The molecule has 0 fully saturated rings. The van der Waals surface area contributed by atoms with Gasteiger partial charge < -0.3 is 15.4 Å². The number of benzene rings is 2. The fraction of sp³-hybridized carbons (Fsp3) is 0.143. The van der Waals surface area contributed by atoms with Crippen LogP contribution in [-0.4, -0.2) is 18.0 Å². The van der Waals surface area contributed by atoms with E-state index in [1.54, 1.807) is 25.4 Å². The molecule has 1 aromatic heterocycles. The van der Waals surface area contributed by atoms with Gasteiger partial charge in [0.1, 0.15) is 5.75 Å². The minimum Gasteiger partial charge on any atom is -0.495 e. The first-order valence-electron chi connectivity index (χ1n) is 8.45. The van der Waals surface area contributed by atoms with Crippen molar-refractivity contribution in [2.75, 3.05) is 12.4 Å². The fourth-order valence-electron chi connectivity index (χ4n) is 2.60. The summed E-state index contributed by atoms with van der Waals surface area (Å²) in [4.78, 5) is 16.6. The van der Waals surface area contributed by atoms with Crippen LogP contribution in [0.5, 0.6) is 5.75 Å². The summed E-state index contributed by atoms with van der Waals surface area (Å²) in [6.45, 7) is 2.38. The Bertz CT molecular complexity index is 945. The van der Waals surface area contributed by atoms with E-state index in [9.17, 15) is 4.79 Å². The van der Waals surface area contributed by atoms with E-state index in [1.165, 1.54) is 6.20 Å². The number of carbonyl (C=O) groups excluding carboxylic acids is 1. The molecule has 6 heteroatoms. The number of pyridine rings is 1. The molecule has 0 aliphatic heterocycles. The third kappa shape index (κ3) is 4.77. The number of nitrogens with one attached hydrogen (secondary N) is 2. The summed E-state index contributed by atoms with van der Waals surface area (Å²) in [6, 6.07) is 15.1. The highest BCUT2D eigenvalue weighted by Crippen LogP contribution is 2.33. The molecule has 1 amide bonds. The average molecular weight is 382 g/mol. The lowest BCUT2D eigenvalue weighted by Crippen LogP contribution is -2.22. The minimum absolute atomic E-state index is 0.186. The van der Waals surface area contributed by atoms with E-state index in [0.29, 0.717) is 28.6 Å². The molecule has 0 aliphatic carbocycles. The molecule has 0 radical (unpaired) electrons. The molecule has 0 saturated heterocycles. The van der Waals surface area contributed by atoms with Gasteiger partial charge in [0.25, 0.3) is 5.91 Å². The van der Waals surface area contributed by atoms with Crippen molar-refractivity contribution in [1.82, 2.24) is 10.3 Å². The number of amides is 1. The van der Waals surface area contributed by atoms with Crippen LogP contribution < -0.4 is 15.4 Å². The minimum atomic E-state index is -0.186. The zero-order valence-corrected chi connectivity index (χ0v) is 15.9. The van der Waals surface area contributed by atoms with Gasteiger partial charge in [0.05, 0.1) is 30.2 Å². The van der Waals surface area contributed by atoms with E-state index in [0.717, 1.165) is 16.8 Å². The smallest absolute Gasteiger partial charge is 0.253 e. The molecular weight excluding hydrogens is 362 g/mol. The SMILES string of the molecule is COc1cc(Cl)c(C)cc1Nc1cncc(C(=O)NCc2ccccc2)c1. The van der Waals surface area contributed by atoms with Crippen LogP contribution in [0.4, 0.5) is 11.4 Å². The predicted molar refractivity (Wildman–Crippen MR) is 108 cm³/mol. The molecule has 2 aromatic carbocycles. The molecular formula is C21H20ClN3O2. The maximum Gasteiger partial charge on any atom is 0.253 e. The zero-order valence-electron chi connectivity index (χ0n) is 15.1. The molecule has 1 heterocycles. The number of hydrogen-bond acceptors (Lipinski definition) is 4. The topological polar surface area (TPSA) is 63.2 Å². The van der Waals surface area contributed by atoms with E-state index in [2.05, 4.69) is 15.6 Å². The fourth-order valence-corrected chi connectivity index (χ4v) is 2.75. The molecule has 3 aromatic rings. The molecule has 3 rings (SSSR count). The van der Waals surface area contributed by atoms with Crippen molar-refractivity contribution >= 4 is 28.9 Å². The molecule has 0 spiro atoms. The number of aryl methyl sites for hydroxylation is 1. The van der Waals surface area contributed by atoms with Gasteiger partial charge in [0.15, 0.2) is 0 Å². The molecule has 0 atom stereocenters. The van der Waals surface area contributed by atoms with Crippen molar-refractivity contribution in [3.8, 4) is 5.75 Å². The maximum atomic E-state index is 12.4. The second-order valence-corrected chi connectivity index (χ2v) is 6.46. The standard InChI is InChI=1S/C21H20ClN3O2/c1-14-8-19(20(27-2)10-18(14)22)25-17-9-16(12-23-13-17)21(26)24-11-15-6-4-3-5-7-15/h3-10,12-13,25H,11H2,1-2H3,(H,24,26). The van der Waals surface area contributed by atoms with Gasteiger partial charge in [-0.1, -0.05) is 41.9 Å². The molecule has 138 valence electrons. The number of aromatic nitrogens is 1. The van der Waals surface area contributed by atoms with Crippen LogP contribution in [0.2, 0.25) is 5.02 Å². The van der Waals surface area contributed by atoms with E-state index >= 15 is 0 Å². The Morgan fingerprint density at radius 2 is 1.93 bits per heavy atom. The lowest BCUT2D eigenvalue weighted by Gasteiger charge is -2.13. The number of rotatable bonds is 6. The quantitative estimate of drug-likeness (QED) is 0.648. The lowest BCUT2D eigenvalue weighted by molar-refractivity contribution is 0.0950. The summed E-state index contributed by atoms with van der Waals surface area (Å²) in [7, 11) is 1.58. The monoisotopic (exact) mass is 381 g/mol. The van der Waals surface area contributed by atoms with Gasteiger partial charge in [0, 0.05) is 23.8 Å². The molecule has 27 heavy (non-hydrogen) atoms. The molecule has 0 aliphatic rings. The van der Waals surface area contributed by atoms with Gasteiger partial charge in [0.2, 0.25) is 0 Å². The number of nitrogens with zero attached hydrogens (tertiary/aromatic N) is 1.